The maximum absolute atomic E-state index is 9.33. The van der Waals surface area contributed by atoms with Gasteiger partial charge in [-0.3, -0.25) is 0 Å². The van der Waals surface area contributed by atoms with Gasteiger partial charge in [0.25, 0.3) is 0 Å². The fourth-order valence-corrected chi connectivity index (χ4v) is 4.74. The van der Waals surface area contributed by atoms with Gasteiger partial charge < -0.3 is 0 Å². The van der Waals surface area contributed by atoms with Gasteiger partial charge in [-0.15, -0.1) is 0 Å². The molecule has 2 N–H and O–H groups in total. The zero-order valence-corrected chi connectivity index (χ0v) is 7.35. The standard InChI is InChI=1S/C5H7BIO3/c6-4-2-3(9)5(1-8,7-2)10-4/h2-4,8-9H,1H2/q-1. The molecule has 5 heteroatoms. The molecule has 3 aliphatic rings. The van der Waals surface area contributed by atoms with E-state index in [0.717, 1.165) is 0 Å². The van der Waals surface area contributed by atoms with Crippen molar-refractivity contribution in [3.05, 3.63) is 0 Å². The summed E-state index contributed by atoms with van der Waals surface area (Å²) in [6, 6.07) is -0.324. The van der Waals surface area contributed by atoms with Crippen LogP contribution in [0.5, 0.6) is 0 Å². The first-order chi connectivity index (χ1) is 4.69. The Hall–Kier alpha value is 0.675. The first kappa shape index (κ1) is 7.33. The van der Waals surface area contributed by atoms with Crippen molar-refractivity contribution in [2.45, 2.75) is 19.6 Å². The van der Waals surface area contributed by atoms with E-state index in [1.54, 1.807) is 0 Å². The molecule has 3 aliphatic heterocycles. The molecule has 10 heavy (non-hydrogen) atoms. The molecule has 0 aliphatic carbocycles. The Balaban J connectivity index is 2.17. The molecule has 0 aromatic rings. The molecule has 2 bridgehead atoms. The van der Waals surface area contributed by atoms with Crippen molar-refractivity contribution in [3.8, 4) is 0 Å². The van der Waals surface area contributed by atoms with Crippen molar-refractivity contribution in [2.24, 2.45) is 0 Å². The third-order valence-electron chi connectivity index (χ3n) is 1.92. The van der Waals surface area contributed by atoms with E-state index in [1.165, 1.54) is 0 Å². The van der Waals surface area contributed by atoms with Gasteiger partial charge in [-0.25, -0.2) is 0 Å². The Morgan fingerprint density at radius 3 is 2.60 bits per heavy atom. The summed E-state index contributed by atoms with van der Waals surface area (Å²) in [6.07, 6.45) is -0.500. The van der Waals surface area contributed by atoms with Crippen LogP contribution in [0.1, 0.15) is 0 Å². The van der Waals surface area contributed by atoms with Crippen molar-refractivity contribution in [2.75, 3.05) is 6.61 Å². The van der Waals surface area contributed by atoms with Crippen LogP contribution in [0, 0.1) is 0 Å². The predicted molar refractivity (Wildman–Crippen MR) is 30.2 cm³/mol. The van der Waals surface area contributed by atoms with Crippen LogP contribution in [-0.2, 0) is 4.74 Å². The first-order valence-corrected chi connectivity index (χ1v) is 5.39. The van der Waals surface area contributed by atoms with Crippen molar-refractivity contribution in [3.63, 3.8) is 0 Å². The molecule has 0 aromatic carbocycles. The summed E-state index contributed by atoms with van der Waals surface area (Å²) in [5.74, 6) is 0. The number of halogens is 1. The molecule has 56 valence electrons. The molecule has 0 spiro atoms. The minimum absolute atomic E-state index is 0.0777. The average Bonchev–Trinajstić information content (AvgIpc) is 2.37. The summed E-state index contributed by atoms with van der Waals surface area (Å²) in [5, 5.41) is 18.2. The SMILES string of the molecule is [B]C1OC2(CO)[I-]C1C2O. The molecule has 2 radical (unpaired) electrons. The molecule has 3 fully saturated rings. The zero-order chi connectivity index (χ0) is 7.35. The van der Waals surface area contributed by atoms with Crippen molar-refractivity contribution in [1.82, 2.24) is 0 Å². The monoisotopic (exact) mass is 253 g/mol. The number of alkyl halides is 2. The molecule has 4 atom stereocenters. The van der Waals surface area contributed by atoms with E-state index in [2.05, 4.69) is 0 Å². The maximum atomic E-state index is 9.33. The Labute approximate surface area is 70.4 Å². The fourth-order valence-electron chi connectivity index (χ4n) is 1.30. The number of hydrogen-bond donors (Lipinski definition) is 2. The van der Waals surface area contributed by atoms with Gasteiger partial charge in [0.2, 0.25) is 0 Å². The Kier molecular flexibility index (Phi) is 1.53. The van der Waals surface area contributed by atoms with Crippen molar-refractivity contribution >= 4 is 7.85 Å². The van der Waals surface area contributed by atoms with Crippen LogP contribution < -0.4 is 21.2 Å². The van der Waals surface area contributed by atoms with E-state index in [-0.39, 0.29) is 37.7 Å². The van der Waals surface area contributed by atoms with Crippen LogP contribution in [-0.4, -0.2) is 44.3 Å². The second kappa shape index (κ2) is 2.09. The van der Waals surface area contributed by atoms with E-state index in [0.29, 0.717) is 0 Å². The van der Waals surface area contributed by atoms with Crippen molar-refractivity contribution in [1.29, 1.82) is 0 Å². The second-order valence-electron chi connectivity index (χ2n) is 2.53. The topological polar surface area (TPSA) is 49.7 Å². The number of fused-ring (bicyclic) bond motifs is 1. The number of ether oxygens (including phenoxy) is 1. The van der Waals surface area contributed by atoms with Gasteiger partial charge in [0, 0.05) is 0 Å². The molecule has 3 nitrogen and oxygen atoms in total. The fraction of sp³-hybridized carbons (Fsp3) is 1.00. The van der Waals surface area contributed by atoms with Crippen molar-refractivity contribution < 1.29 is 36.2 Å². The summed E-state index contributed by atoms with van der Waals surface area (Å²) in [6.45, 7) is -0.0777. The zero-order valence-electron chi connectivity index (χ0n) is 5.20. The van der Waals surface area contributed by atoms with Crippen LogP contribution >= 0.6 is 0 Å². The van der Waals surface area contributed by atoms with Crippen LogP contribution in [0.4, 0.5) is 0 Å². The first-order valence-electron chi connectivity index (χ1n) is 3.06. The number of aliphatic hydroxyl groups excluding tert-OH is 2. The van der Waals surface area contributed by atoms with Gasteiger partial charge in [0.15, 0.2) is 0 Å². The summed E-state index contributed by atoms with van der Waals surface area (Å²) < 4.78 is 4.77. The summed E-state index contributed by atoms with van der Waals surface area (Å²) in [5.41, 5.74) is 0. The molecular formula is C5H7BIO3-. The van der Waals surface area contributed by atoms with Crippen LogP contribution in [0.25, 0.3) is 0 Å². The third-order valence-corrected chi connectivity index (χ3v) is 6.31. The molecular weight excluding hydrogens is 246 g/mol. The number of aliphatic hydroxyl groups is 2. The van der Waals surface area contributed by atoms with Crippen LogP contribution in [0.15, 0.2) is 0 Å². The Bertz CT molecular complexity index is 167. The minimum atomic E-state index is -0.594. The molecule has 3 rings (SSSR count). The molecule has 3 saturated heterocycles. The second-order valence-corrected chi connectivity index (χ2v) is 6.41. The Morgan fingerprint density at radius 1 is 1.70 bits per heavy atom. The molecule has 4 unspecified atom stereocenters. The molecule has 0 amide bonds. The van der Waals surface area contributed by atoms with Gasteiger partial charge in [-0.2, -0.15) is 0 Å². The third kappa shape index (κ3) is 0.667. The van der Waals surface area contributed by atoms with Gasteiger partial charge in [0.05, 0.1) is 0 Å². The summed E-state index contributed by atoms with van der Waals surface area (Å²) >= 11 is -0.238. The normalized spacial score (nSPS) is 59.2. The van der Waals surface area contributed by atoms with Gasteiger partial charge in [0.1, 0.15) is 0 Å². The van der Waals surface area contributed by atoms with E-state index >= 15 is 0 Å². The van der Waals surface area contributed by atoms with Gasteiger partial charge in [-0.1, -0.05) is 0 Å². The molecule has 0 aromatic heterocycles. The summed E-state index contributed by atoms with van der Waals surface area (Å²) in [7, 11) is 5.51. The van der Waals surface area contributed by atoms with E-state index in [4.69, 9.17) is 17.7 Å². The van der Waals surface area contributed by atoms with Crippen LogP contribution in [0.3, 0.4) is 0 Å². The van der Waals surface area contributed by atoms with Gasteiger partial charge in [-0.05, 0) is 0 Å². The molecule has 3 heterocycles. The van der Waals surface area contributed by atoms with Gasteiger partial charge >= 0.3 is 70.2 Å². The Morgan fingerprint density at radius 2 is 2.40 bits per heavy atom. The summed E-state index contributed by atoms with van der Waals surface area (Å²) in [4.78, 5) is 0. The van der Waals surface area contributed by atoms with E-state index < -0.39 is 9.71 Å². The number of rotatable bonds is 1. The average molecular weight is 253 g/mol. The quantitative estimate of drug-likeness (QED) is 0.279. The van der Waals surface area contributed by atoms with Crippen LogP contribution in [0.2, 0.25) is 0 Å². The molecule has 0 saturated carbocycles. The number of hydrogen-bond acceptors (Lipinski definition) is 3. The van der Waals surface area contributed by atoms with E-state index in [1.807, 2.05) is 0 Å². The van der Waals surface area contributed by atoms with E-state index in [9.17, 15) is 5.11 Å². The predicted octanol–water partition coefficient (Wildman–Crippen LogP) is -4.97.